The van der Waals surface area contributed by atoms with Crippen LogP contribution in [0.15, 0.2) is 29.8 Å². The molecule has 0 unspecified atom stereocenters. The fourth-order valence-corrected chi connectivity index (χ4v) is 4.09. The lowest BCUT2D eigenvalue weighted by Gasteiger charge is -2.38. The summed E-state index contributed by atoms with van der Waals surface area (Å²) in [6.07, 6.45) is 2.95. The second-order valence-corrected chi connectivity index (χ2v) is 7.71. The molecule has 1 aliphatic carbocycles. The van der Waals surface area contributed by atoms with Gasteiger partial charge in [-0.15, -0.1) is 0 Å². The molecule has 0 radical (unpaired) electrons. The first-order chi connectivity index (χ1) is 12.2. The zero-order chi connectivity index (χ0) is 19.1. The zero-order valence-electron chi connectivity index (χ0n) is 14.7. The number of ketones is 1. The molecular weight excluding hydrogens is 333 g/mol. The highest BCUT2D eigenvalue weighted by molar-refractivity contribution is 6.04. The van der Waals surface area contributed by atoms with E-state index in [1.165, 1.54) is 12.1 Å². The third-order valence-corrected chi connectivity index (χ3v) is 5.23. The first kappa shape index (κ1) is 17.8. The van der Waals surface area contributed by atoms with Gasteiger partial charge in [-0.3, -0.25) is 9.59 Å². The van der Waals surface area contributed by atoms with E-state index in [1.807, 2.05) is 19.9 Å². The second-order valence-electron chi connectivity index (χ2n) is 7.71. The Kier molecular flexibility index (Phi) is 4.16. The number of likely N-dealkylation sites (tertiary alicyclic amines) is 1. The molecule has 1 amide bonds. The molecule has 3 rings (SSSR count). The van der Waals surface area contributed by atoms with Gasteiger partial charge in [0, 0.05) is 29.5 Å². The molecule has 1 aliphatic heterocycles. The van der Waals surface area contributed by atoms with E-state index >= 15 is 0 Å². The molecule has 1 saturated heterocycles. The van der Waals surface area contributed by atoms with Crippen molar-refractivity contribution in [1.29, 1.82) is 10.5 Å². The second kappa shape index (κ2) is 6.07. The van der Waals surface area contributed by atoms with Gasteiger partial charge in [-0.2, -0.15) is 10.5 Å². The summed E-state index contributed by atoms with van der Waals surface area (Å²) in [5.41, 5.74) is -0.806. The molecular formula is C20H18FN3O2. The van der Waals surface area contributed by atoms with Crippen LogP contribution in [-0.2, 0) is 4.79 Å². The number of nitrogens with zero attached hydrogens (tertiary/aromatic N) is 3. The number of amides is 1. The van der Waals surface area contributed by atoms with Gasteiger partial charge < -0.3 is 4.90 Å². The lowest BCUT2D eigenvalue weighted by atomic mass is 9.64. The summed E-state index contributed by atoms with van der Waals surface area (Å²) in [7, 11) is 0. The predicted molar refractivity (Wildman–Crippen MR) is 91.2 cm³/mol. The lowest BCUT2D eigenvalue weighted by molar-refractivity contribution is -0.125. The van der Waals surface area contributed by atoms with Crippen LogP contribution in [0.2, 0.25) is 0 Å². The molecule has 1 fully saturated rings. The molecule has 26 heavy (non-hydrogen) atoms. The van der Waals surface area contributed by atoms with E-state index in [1.54, 1.807) is 17.0 Å². The largest absolute Gasteiger partial charge is 0.338 e. The highest BCUT2D eigenvalue weighted by Gasteiger charge is 2.48. The molecule has 0 bridgehead atoms. The Morgan fingerprint density at radius 2 is 2.00 bits per heavy atom. The van der Waals surface area contributed by atoms with E-state index in [0.717, 1.165) is 6.07 Å². The number of halogens is 1. The summed E-state index contributed by atoms with van der Waals surface area (Å²) in [6.45, 7) is 4.53. The quantitative estimate of drug-likeness (QED) is 0.778. The van der Waals surface area contributed by atoms with Crippen LogP contribution in [0, 0.1) is 39.3 Å². The number of nitriles is 2. The smallest absolute Gasteiger partial charge is 0.253 e. The van der Waals surface area contributed by atoms with Crippen molar-refractivity contribution >= 4 is 11.7 Å². The van der Waals surface area contributed by atoms with Crippen LogP contribution in [0.25, 0.3) is 0 Å². The van der Waals surface area contributed by atoms with Crippen LogP contribution in [0.1, 0.15) is 42.6 Å². The summed E-state index contributed by atoms with van der Waals surface area (Å²) in [5, 5.41) is 18.2. The third-order valence-electron chi connectivity index (χ3n) is 5.23. The first-order valence-corrected chi connectivity index (χ1v) is 8.38. The molecule has 2 aliphatic rings. The van der Waals surface area contributed by atoms with Crippen LogP contribution in [0.3, 0.4) is 0 Å². The van der Waals surface area contributed by atoms with Crippen LogP contribution in [0.5, 0.6) is 0 Å². The molecule has 5 nitrogen and oxygen atoms in total. The van der Waals surface area contributed by atoms with Gasteiger partial charge in [-0.1, -0.05) is 19.9 Å². The van der Waals surface area contributed by atoms with Crippen LogP contribution >= 0.6 is 0 Å². The summed E-state index contributed by atoms with van der Waals surface area (Å²) < 4.78 is 13.5. The maximum atomic E-state index is 13.5. The zero-order valence-corrected chi connectivity index (χ0v) is 14.7. The minimum Gasteiger partial charge on any atom is -0.338 e. The number of hydrogen-bond donors (Lipinski definition) is 0. The monoisotopic (exact) mass is 351 g/mol. The van der Waals surface area contributed by atoms with Crippen molar-refractivity contribution in [3.05, 3.63) is 46.8 Å². The average molecular weight is 351 g/mol. The van der Waals surface area contributed by atoms with Gasteiger partial charge in [0.05, 0.1) is 11.1 Å². The number of benzene rings is 1. The normalized spacial score (nSPS) is 24.1. The predicted octanol–water partition coefficient (Wildman–Crippen LogP) is 2.98. The van der Waals surface area contributed by atoms with Crippen LogP contribution in [-0.4, -0.2) is 29.7 Å². The molecule has 0 aromatic heterocycles. The fourth-order valence-electron chi connectivity index (χ4n) is 4.09. The van der Waals surface area contributed by atoms with Gasteiger partial charge in [0.2, 0.25) is 0 Å². The Bertz CT molecular complexity index is 920. The highest BCUT2D eigenvalue weighted by Crippen LogP contribution is 2.48. The molecule has 132 valence electrons. The minimum absolute atomic E-state index is 0.157. The van der Waals surface area contributed by atoms with E-state index in [9.17, 15) is 19.2 Å². The molecule has 0 saturated carbocycles. The van der Waals surface area contributed by atoms with Crippen LogP contribution in [0.4, 0.5) is 4.39 Å². The summed E-state index contributed by atoms with van der Waals surface area (Å²) in [6, 6.07) is 7.47. The van der Waals surface area contributed by atoms with Crippen molar-refractivity contribution in [3.63, 3.8) is 0 Å². The van der Waals surface area contributed by atoms with E-state index in [-0.39, 0.29) is 28.4 Å². The minimum atomic E-state index is -0.656. The summed E-state index contributed by atoms with van der Waals surface area (Å²) in [4.78, 5) is 26.7. The average Bonchev–Trinajstić information content (AvgIpc) is 3.01. The van der Waals surface area contributed by atoms with Gasteiger partial charge in [0.15, 0.2) is 5.78 Å². The number of Topliss-reactive ketones (excluding diaryl/α,β-unsaturated/α-hetero) is 1. The van der Waals surface area contributed by atoms with Gasteiger partial charge in [-0.05, 0) is 31.0 Å². The Morgan fingerprint density at radius 1 is 1.27 bits per heavy atom. The molecule has 0 N–H and O–H groups in total. The number of hydrogen-bond acceptors (Lipinski definition) is 4. The van der Waals surface area contributed by atoms with Gasteiger partial charge in [0.1, 0.15) is 18.0 Å². The number of allylic oxidation sites excluding steroid dienone is 1. The first-order valence-electron chi connectivity index (χ1n) is 8.38. The van der Waals surface area contributed by atoms with Gasteiger partial charge >= 0.3 is 0 Å². The van der Waals surface area contributed by atoms with Crippen molar-refractivity contribution < 1.29 is 14.0 Å². The lowest BCUT2D eigenvalue weighted by Crippen LogP contribution is -2.40. The molecule has 1 aromatic rings. The standard InChI is InChI=1S/C20H18FN3O2/c1-19(2)11-20(8-15(10-23)17(19)25)5-6-24(12-20)18(26)13-3-4-16(21)14(7-13)9-22/h3-4,7-8H,5-6,11-12H2,1-2H3/t20-/m0/s1. The Morgan fingerprint density at radius 3 is 2.65 bits per heavy atom. The van der Waals surface area contributed by atoms with Gasteiger partial charge in [0.25, 0.3) is 5.91 Å². The maximum Gasteiger partial charge on any atom is 0.253 e. The SMILES string of the molecule is CC1(C)C[C@@]2(C=C(C#N)C1=O)CCN(C(=O)c1ccc(F)c(C#N)c1)C2. The fraction of sp³-hybridized carbons (Fsp3) is 0.400. The maximum absolute atomic E-state index is 13.5. The molecule has 1 atom stereocenters. The van der Waals surface area contributed by atoms with Crippen molar-refractivity contribution in [3.8, 4) is 12.1 Å². The number of carbonyl (C=O) groups is 2. The van der Waals surface area contributed by atoms with E-state index in [2.05, 4.69) is 0 Å². The molecule has 1 heterocycles. The number of carbonyl (C=O) groups excluding carboxylic acids is 2. The topological polar surface area (TPSA) is 85.0 Å². The van der Waals surface area contributed by atoms with E-state index in [0.29, 0.717) is 25.9 Å². The van der Waals surface area contributed by atoms with Crippen LogP contribution < -0.4 is 0 Å². The summed E-state index contributed by atoms with van der Waals surface area (Å²) in [5.74, 6) is -1.09. The molecule has 1 aromatic carbocycles. The highest BCUT2D eigenvalue weighted by atomic mass is 19.1. The van der Waals surface area contributed by atoms with Crippen molar-refractivity contribution in [1.82, 2.24) is 4.90 Å². The van der Waals surface area contributed by atoms with E-state index < -0.39 is 16.6 Å². The Labute approximate surface area is 151 Å². The molecule has 6 heteroatoms. The molecule has 1 spiro atoms. The van der Waals surface area contributed by atoms with E-state index in [4.69, 9.17) is 5.26 Å². The van der Waals surface area contributed by atoms with Crippen molar-refractivity contribution in [2.45, 2.75) is 26.7 Å². The Balaban J connectivity index is 1.88. The third kappa shape index (κ3) is 2.88. The Hall–Kier alpha value is -2.99. The number of rotatable bonds is 1. The van der Waals surface area contributed by atoms with Gasteiger partial charge in [-0.25, -0.2) is 4.39 Å². The summed E-state index contributed by atoms with van der Waals surface area (Å²) >= 11 is 0. The van der Waals surface area contributed by atoms with Crippen molar-refractivity contribution in [2.75, 3.05) is 13.1 Å². The van der Waals surface area contributed by atoms with Crippen molar-refractivity contribution in [2.24, 2.45) is 10.8 Å².